The molecule has 1 aliphatic carbocycles. The average molecular weight is 360 g/mol. The van der Waals surface area contributed by atoms with E-state index < -0.39 is 0 Å². The van der Waals surface area contributed by atoms with Crippen LogP contribution >= 0.6 is 11.6 Å². The molecule has 25 heavy (non-hydrogen) atoms. The number of carbonyl (C=O) groups excluding carboxylic acids is 1. The third-order valence-corrected chi connectivity index (χ3v) is 5.44. The van der Waals surface area contributed by atoms with Gasteiger partial charge in [0.1, 0.15) is 5.15 Å². The van der Waals surface area contributed by atoms with E-state index in [9.17, 15) is 4.79 Å². The highest BCUT2D eigenvalue weighted by atomic mass is 35.5. The van der Waals surface area contributed by atoms with Crippen LogP contribution in [0.3, 0.4) is 0 Å². The van der Waals surface area contributed by atoms with E-state index in [0.29, 0.717) is 28.9 Å². The lowest BCUT2D eigenvalue weighted by molar-refractivity contribution is 0.0760. The molecule has 1 fully saturated rings. The lowest BCUT2D eigenvalue weighted by atomic mass is 9.89. The first-order chi connectivity index (χ1) is 12.1. The quantitative estimate of drug-likeness (QED) is 0.785. The molecule has 0 unspecified atom stereocenters. The lowest BCUT2D eigenvalue weighted by Gasteiger charge is -2.27. The number of aromatic nitrogens is 2. The fraction of sp³-hybridized carbons (Fsp3) is 0.500. The third-order valence-electron chi connectivity index (χ3n) is 5.06. The summed E-state index contributed by atoms with van der Waals surface area (Å²) in [5.41, 5.74) is 2.35. The Balaban J connectivity index is 1.73. The van der Waals surface area contributed by atoms with E-state index in [-0.39, 0.29) is 5.91 Å². The van der Waals surface area contributed by atoms with Crippen molar-refractivity contribution in [1.82, 2.24) is 14.7 Å². The van der Waals surface area contributed by atoms with Crippen molar-refractivity contribution in [3.8, 4) is 0 Å². The Labute approximate surface area is 154 Å². The summed E-state index contributed by atoms with van der Waals surface area (Å²) >= 11 is 6.51. The van der Waals surface area contributed by atoms with E-state index in [0.717, 1.165) is 12.1 Å². The minimum Gasteiger partial charge on any atom is -0.341 e. The van der Waals surface area contributed by atoms with Gasteiger partial charge in [-0.1, -0.05) is 61.2 Å². The SMILES string of the molecule is Cc1nn(Cc2ccccc2)c(Cl)c1C(=O)N(C)CC1CCCCC1. The van der Waals surface area contributed by atoms with Gasteiger partial charge in [0.15, 0.2) is 0 Å². The molecule has 0 atom stereocenters. The van der Waals surface area contributed by atoms with Crippen molar-refractivity contribution in [2.45, 2.75) is 45.6 Å². The van der Waals surface area contributed by atoms with Crippen LogP contribution in [0.2, 0.25) is 5.15 Å². The average Bonchev–Trinajstić information content (AvgIpc) is 2.89. The van der Waals surface area contributed by atoms with Crippen LogP contribution in [0.4, 0.5) is 0 Å². The summed E-state index contributed by atoms with van der Waals surface area (Å²) in [6.07, 6.45) is 6.32. The Morgan fingerprint density at radius 2 is 1.92 bits per heavy atom. The highest BCUT2D eigenvalue weighted by Crippen LogP contribution is 2.26. The van der Waals surface area contributed by atoms with Gasteiger partial charge in [0, 0.05) is 13.6 Å². The molecule has 0 bridgehead atoms. The molecule has 1 aromatic heterocycles. The van der Waals surface area contributed by atoms with E-state index in [4.69, 9.17) is 11.6 Å². The zero-order valence-electron chi connectivity index (χ0n) is 15.0. The van der Waals surface area contributed by atoms with Crippen molar-refractivity contribution in [3.05, 3.63) is 52.3 Å². The van der Waals surface area contributed by atoms with Gasteiger partial charge in [-0.15, -0.1) is 0 Å². The molecule has 0 saturated heterocycles. The van der Waals surface area contributed by atoms with Gasteiger partial charge in [-0.3, -0.25) is 4.79 Å². The van der Waals surface area contributed by atoms with Crippen LogP contribution in [0.15, 0.2) is 30.3 Å². The smallest absolute Gasteiger partial charge is 0.258 e. The fourth-order valence-electron chi connectivity index (χ4n) is 3.69. The fourth-order valence-corrected chi connectivity index (χ4v) is 4.00. The Hall–Kier alpha value is -1.81. The first-order valence-electron chi connectivity index (χ1n) is 9.08. The molecule has 0 spiro atoms. The molecule has 0 radical (unpaired) electrons. The molecule has 1 heterocycles. The Morgan fingerprint density at radius 3 is 2.60 bits per heavy atom. The number of hydrogen-bond donors (Lipinski definition) is 0. The highest BCUT2D eigenvalue weighted by Gasteiger charge is 2.25. The van der Waals surface area contributed by atoms with E-state index in [1.54, 1.807) is 4.68 Å². The molecular weight excluding hydrogens is 334 g/mol. The summed E-state index contributed by atoms with van der Waals surface area (Å²) in [4.78, 5) is 14.7. The standard InChI is InChI=1S/C20H26ClN3O/c1-15-18(20(25)23(2)13-16-9-5-3-6-10-16)19(21)24(22-15)14-17-11-7-4-8-12-17/h4,7-8,11-12,16H,3,5-6,9-10,13-14H2,1-2H3. The summed E-state index contributed by atoms with van der Waals surface area (Å²) in [7, 11) is 1.88. The number of halogens is 1. The van der Waals surface area contributed by atoms with E-state index >= 15 is 0 Å². The zero-order valence-corrected chi connectivity index (χ0v) is 15.8. The molecule has 1 amide bonds. The molecule has 2 aromatic rings. The minimum atomic E-state index is -0.0209. The van der Waals surface area contributed by atoms with Crippen molar-refractivity contribution in [1.29, 1.82) is 0 Å². The van der Waals surface area contributed by atoms with E-state index in [1.165, 1.54) is 32.1 Å². The number of rotatable bonds is 5. The van der Waals surface area contributed by atoms with Crippen LogP contribution in [0.1, 0.15) is 53.7 Å². The minimum absolute atomic E-state index is 0.0209. The van der Waals surface area contributed by atoms with Gasteiger partial charge in [0.05, 0.1) is 17.8 Å². The van der Waals surface area contributed by atoms with Crippen LogP contribution in [0, 0.1) is 12.8 Å². The van der Waals surface area contributed by atoms with E-state index in [1.807, 2.05) is 49.2 Å². The van der Waals surface area contributed by atoms with Crippen molar-refractivity contribution >= 4 is 17.5 Å². The summed E-state index contributed by atoms with van der Waals surface area (Å²) < 4.78 is 1.72. The number of hydrogen-bond acceptors (Lipinski definition) is 2. The molecule has 134 valence electrons. The summed E-state index contributed by atoms with van der Waals surface area (Å²) in [5, 5.41) is 4.93. The lowest BCUT2D eigenvalue weighted by Crippen LogP contribution is -2.33. The van der Waals surface area contributed by atoms with Crippen molar-refractivity contribution in [3.63, 3.8) is 0 Å². The van der Waals surface area contributed by atoms with Crippen LogP contribution in [-0.2, 0) is 6.54 Å². The Kier molecular flexibility index (Phi) is 5.79. The number of amides is 1. The maximum absolute atomic E-state index is 12.9. The number of nitrogens with zero attached hydrogens (tertiary/aromatic N) is 3. The number of carbonyl (C=O) groups is 1. The van der Waals surface area contributed by atoms with Crippen molar-refractivity contribution in [2.24, 2.45) is 5.92 Å². The van der Waals surface area contributed by atoms with E-state index in [2.05, 4.69) is 5.10 Å². The first kappa shape index (κ1) is 18.0. The summed E-state index contributed by atoms with van der Waals surface area (Å²) in [5.74, 6) is 0.591. The predicted octanol–water partition coefficient (Wildman–Crippen LogP) is 4.55. The molecule has 1 saturated carbocycles. The van der Waals surface area contributed by atoms with Gasteiger partial charge in [0.2, 0.25) is 0 Å². The van der Waals surface area contributed by atoms with Gasteiger partial charge in [-0.2, -0.15) is 5.10 Å². The van der Waals surface area contributed by atoms with Crippen LogP contribution < -0.4 is 0 Å². The molecule has 5 heteroatoms. The van der Waals surface area contributed by atoms with Gasteiger partial charge < -0.3 is 4.90 Å². The van der Waals surface area contributed by atoms with Gasteiger partial charge in [0.25, 0.3) is 5.91 Å². The highest BCUT2D eigenvalue weighted by molar-refractivity contribution is 6.33. The monoisotopic (exact) mass is 359 g/mol. The van der Waals surface area contributed by atoms with Gasteiger partial charge >= 0.3 is 0 Å². The van der Waals surface area contributed by atoms with Crippen molar-refractivity contribution < 1.29 is 4.79 Å². The topological polar surface area (TPSA) is 38.1 Å². The van der Waals surface area contributed by atoms with Crippen LogP contribution in [0.5, 0.6) is 0 Å². The maximum atomic E-state index is 12.9. The normalized spacial score (nSPS) is 15.3. The maximum Gasteiger partial charge on any atom is 0.258 e. The number of benzene rings is 1. The van der Waals surface area contributed by atoms with Crippen molar-refractivity contribution in [2.75, 3.05) is 13.6 Å². The zero-order chi connectivity index (χ0) is 17.8. The van der Waals surface area contributed by atoms with Gasteiger partial charge in [-0.25, -0.2) is 4.68 Å². The summed E-state index contributed by atoms with van der Waals surface area (Å²) in [6, 6.07) is 10.0. The van der Waals surface area contributed by atoms with Crippen LogP contribution in [0.25, 0.3) is 0 Å². The largest absolute Gasteiger partial charge is 0.341 e. The van der Waals surface area contributed by atoms with Crippen LogP contribution in [-0.4, -0.2) is 34.2 Å². The molecule has 0 N–H and O–H groups in total. The second kappa shape index (κ2) is 8.05. The second-order valence-corrected chi connectivity index (χ2v) is 7.44. The molecule has 1 aromatic carbocycles. The second-order valence-electron chi connectivity index (χ2n) is 7.08. The number of aryl methyl sites for hydroxylation is 1. The molecular formula is C20H26ClN3O. The molecule has 1 aliphatic rings. The Bertz CT molecular complexity index is 720. The van der Waals surface area contributed by atoms with Gasteiger partial charge in [-0.05, 0) is 31.2 Å². The Morgan fingerprint density at radius 1 is 1.24 bits per heavy atom. The summed E-state index contributed by atoms with van der Waals surface area (Å²) in [6.45, 7) is 3.23. The molecule has 4 nitrogen and oxygen atoms in total. The molecule has 3 rings (SSSR count). The molecule has 0 aliphatic heterocycles. The predicted molar refractivity (Wildman–Crippen MR) is 101 cm³/mol. The first-order valence-corrected chi connectivity index (χ1v) is 9.46. The third kappa shape index (κ3) is 4.24.